The highest BCUT2D eigenvalue weighted by molar-refractivity contribution is 5.26. The maximum absolute atomic E-state index is 9.00. The molecule has 13 heavy (non-hydrogen) atoms. The van der Waals surface area contributed by atoms with Crippen LogP contribution < -0.4 is 4.74 Å². The summed E-state index contributed by atoms with van der Waals surface area (Å²) in [5.74, 6) is 0.844. The number of aryl methyl sites for hydroxylation is 1. The van der Waals surface area contributed by atoms with Gasteiger partial charge in [0.15, 0.2) is 0 Å². The molecule has 1 aromatic rings. The van der Waals surface area contributed by atoms with Crippen LogP contribution in [0.4, 0.5) is 0 Å². The molecular weight excluding hydrogens is 164 g/mol. The van der Waals surface area contributed by atoms with Crippen molar-refractivity contribution in [2.75, 3.05) is 6.61 Å². The molecule has 1 atom stereocenters. The fourth-order valence-electron chi connectivity index (χ4n) is 0.996. The van der Waals surface area contributed by atoms with Gasteiger partial charge in [-0.3, -0.25) is 0 Å². The third kappa shape index (κ3) is 3.95. The second-order valence-electron chi connectivity index (χ2n) is 3.19. The summed E-state index contributed by atoms with van der Waals surface area (Å²) in [4.78, 5) is 0. The summed E-state index contributed by atoms with van der Waals surface area (Å²) in [6.07, 6.45) is 0.369. The number of hydrogen-bond donors (Lipinski definition) is 1. The number of ether oxygens (including phenoxy) is 1. The zero-order valence-electron chi connectivity index (χ0n) is 8.08. The fourth-order valence-corrected chi connectivity index (χ4v) is 0.996. The first kappa shape index (κ1) is 10.1. The predicted octanol–water partition coefficient (Wildman–Crippen LogP) is 1.94. The highest BCUT2D eigenvalue weighted by atomic mass is 16.5. The van der Waals surface area contributed by atoms with Crippen LogP contribution in [-0.2, 0) is 0 Å². The minimum absolute atomic E-state index is 0.295. The average molecular weight is 179 g/mol. The van der Waals surface area contributed by atoms with Crippen molar-refractivity contribution in [3.8, 4) is 5.75 Å². The van der Waals surface area contributed by atoms with E-state index in [2.05, 4.69) is 6.07 Å². The van der Waals surface area contributed by atoms with Crippen molar-refractivity contribution in [2.24, 2.45) is 0 Å². The van der Waals surface area contributed by atoms with Gasteiger partial charge >= 0.3 is 0 Å². The van der Waals surface area contributed by atoms with Crippen molar-refractivity contribution in [3.63, 3.8) is 0 Å². The Kier molecular flexibility index (Phi) is 3.77. The van der Waals surface area contributed by atoms with E-state index in [0.29, 0.717) is 13.0 Å². The first-order valence-corrected chi connectivity index (χ1v) is 4.47. The van der Waals surface area contributed by atoms with Gasteiger partial charge in [0.2, 0.25) is 0 Å². The Bertz CT molecular complexity index is 256. The minimum atomic E-state index is -0.295. The molecule has 0 bridgehead atoms. The summed E-state index contributed by atoms with van der Waals surface area (Å²) >= 11 is 0. The molecule has 2 nitrogen and oxygen atoms in total. The van der Waals surface area contributed by atoms with Crippen molar-refractivity contribution in [3.05, 3.63) is 29.8 Å². The maximum Gasteiger partial charge on any atom is 0.119 e. The molecule has 2 heteroatoms. The van der Waals surface area contributed by atoms with Crippen molar-refractivity contribution >= 4 is 0 Å². The summed E-state index contributed by atoms with van der Waals surface area (Å²) in [7, 11) is 0. The van der Waals surface area contributed by atoms with Gasteiger partial charge in [-0.05, 0) is 37.6 Å². The highest BCUT2D eigenvalue weighted by Gasteiger charge is 1.97. The molecule has 1 rings (SSSR count). The molecule has 0 saturated carbocycles. The lowest BCUT2D eigenvalue weighted by Gasteiger charge is -2.07. The van der Waals surface area contributed by atoms with Gasteiger partial charge in [0, 0.05) is 6.42 Å². The highest BCUT2D eigenvalue weighted by Crippen LogP contribution is 2.12. The Labute approximate surface area is 79.2 Å². The Morgan fingerprint density at radius 3 is 3.00 bits per heavy atom. The van der Waals surface area contributed by atoms with Crippen LogP contribution in [0.15, 0.2) is 18.2 Å². The molecule has 71 valence electrons. The average Bonchev–Trinajstić information content (AvgIpc) is 2.03. The van der Waals surface area contributed by atoms with Gasteiger partial charge in [-0.15, -0.1) is 0 Å². The van der Waals surface area contributed by atoms with Gasteiger partial charge in [0.25, 0.3) is 0 Å². The predicted molar refractivity (Wildman–Crippen MR) is 51.8 cm³/mol. The van der Waals surface area contributed by atoms with Gasteiger partial charge in [-0.25, -0.2) is 0 Å². The Balaban J connectivity index is 2.37. The maximum atomic E-state index is 9.00. The van der Waals surface area contributed by atoms with Crippen LogP contribution in [0.5, 0.6) is 5.75 Å². The SMILES string of the molecule is Cc1[c]ccc(OCC[C@H](C)O)c1. The topological polar surface area (TPSA) is 29.5 Å². The molecule has 1 aromatic carbocycles. The zero-order chi connectivity index (χ0) is 9.68. The summed E-state index contributed by atoms with van der Waals surface area (Å²) in [6, 6.07) is 8.68. The van der Waals surface area contributed by atoms with Gasteiger partial charge in [0.05, 0.1) is 12.7 Å². The van der Waals surface area contributed by atoms with Crippen molar-refractivity contribution in [1.82, 2.24) is 0 Å². The smallest absolute Gasteiger partial charge is 0.119 e. The molecule has 0 aliphatic carbocycles. The minimum Gasteiger partial charge on any atom is -0.493 e. The summed E-state index contributed by atoms with van der Waals surface area (Å²) in [6.45, 7) is 4.29. The lowest BCUT2D eigenvalue weighted by Crippen LogP contribution is -2.07. The largest absolute Gasteiger partial charge is 0.493 e. The first-order valence-electron chi connectivity index (χ1n) is 4.47. The van der Waals surface area contributed by atoms with Gasteiger partial charge in [0.1, 0.15) is 5.75 Å². The quantitative estimate of drug-likeness (QED) is 0.765. The normalized spacial score (nSPS) is 12.5. The van der Waals surface area contributed by atoms with E-state index >= 15 is 0 Å². The molecule has 0 spiro atoms. The second-order valence-corrected chi connectivity index (χ2v) is 3.19. The van der Waals surface area contributed by atoms with Crippen LogP contribution in [0.25, 0.3) is 0 Å². The van der Waals surface area contributed by atoms with E-state index in [1.54, 1.807) is 6.92 Å². The van der Waals surface area contributed by atoms with E-state index in [1.165, 1.54) is 0 Å². The van der Waals surface area contributed by atoms with Crippen molar-refractivity contribution in [2.45, 2.75) is 26.4 Å². The van der Waals surface area contributed by atoms with Crippen LogP contribution in [0, 0.1) is 13.0 Å². The van der Waals surface area contributed by atoms with E-state index in [0.717, 1.165) is 11.3 Å². The van der Waals surface area contributed by atoms with Crippen LogP contribution in [0.2, 0.25) is 0 Å². The third-order valence-electron chi connectivity index (χ3n) is 1.72. The van der Waals surface area contributed by atoms with Crippen LogP contribution in [0.1, 0.15) is 18.9 Å². The molecule has 0 aliphatic rings. The van der Waals surface area contributed by atoms with Crippen molar-refractivity contribution in [1.29, 1.82) is 0 Å². The second kappa shape index (κ2) is 4.87. The van der Waals surface area contributed by atoms with E-state index in [-0.39, 0.29) is 6.10 Å². The monoisotopic (exact) mass is 179 g/mol. The Morgan fingerprint density at radius 1 is 1.62 bits per heavy atom. The van der Waals surface area contributed by atoms with E-state index < -0.39 is 0 Å². The molecule has 0 fully saturated rings. The van der Waals surface area contributed by atoms with E-state index in [4.69, 9.17) is 9.84 Å². The number of hydrogen-bond acceptors (Lipinski definition) is 2. The van der Waals surface area contributed by atoms with Crippen molar-refractivity contribution < 1.29 is 9.84 Å². The summed E-state index contributed by atoms with van der Waals surface area (Å²) < 4.78 is 5.42. The molecule has 0 aliphatic heterocycles. The zero-order valence-corrected chi connectivity index (χ0v) is 8.08. The summed E-state index contributed by atoms with van der Waals surface area (Å²) in [5, 5.41) is 9.00. The molecule has 0 saturated heterocycles. The fraction of sp³-hybridized carbons (Fsp3) is 0.455. The molecular formula is C11H15O2. The van der Waals surface area contributed by atoms with E-state index in [9.17, 15) is 0 Å². The molecule has 1 radical (unpaired) electrons. The standard InChI is InChI=1S/C11H15O2/c1-9-4-3-5-11(8-9)13-7-6-10(2)12/h3,5,8,10,12H,6-7H2,1-2H3/t10-/m0/s1. The van der Waals surface area contributed by atoms with Gasteiger partial charge < -0.3 is 9.84 Å². The number of aliphatic hydroxyl groups excluding tert-OH is 1. The lowest BCUT2D eigenvalue weighted by molar-refractivity contribution is 0.155. The molecule has 0 amide bonds. The molecule has 0 aromatic heterocycles. The lowest BCUT2D eigenvalue weighted by atomic mass is 10.2. The van der Waals surface area contributed by atoms with Gasteiger partial charge in [-0.1, -0.05) is 6.07 Å². The molecule has 1 N–H and O–H groups in total. The van der Waals surface area contributed by atoms with E-state index in [1.807, 2.05) is 25.1 Å². The third-order valence-corrected chi connectivity index (χ3v) is 1.72. The Hall–Kier alpha value is -1.02. The Morgan fingerprint density at radius 2 is 2.38 bits per heavy atom. The number of rotatable bonds is 4. The van der Waals surface area contributed by atoms with Crippen LogP contribution in [-0.4, -0.2) is 17.8 Å². The first-order chi connectivity index (χ1) is 6.18. The molecule has 0 heterocycles. The molecule has 0 unspecified atom stereocenters. The van der Waals surface area contributed by atoms with Gasteiger partial charge in [-0.2, -0.15) is 0 Å². The van der Waals surface area contributed by atoms with Crippen LogP contribution >= 0.6 is 0 Å². The number of benzene rings is 1. The van der Waals surface area contributed by atoms with Crippen LogP contribution in [0.3, 0.4) is 0 Å². The number of aliphatic hydroxyl groups is 1. The summed E-state index contributed by atoms with van der Waals surface area (Å²) in [5.41, 5.74) is 1.06.